The van der Waals surface area contributed by atoms with Crippen LogP contribution in [0.4, 0.5) is 20.2 Å². The zero-order valence-corrected chi connectivity index (χ0v) is 14.7. The number of ether oxygens (including phenoxy) is 2. The SMILES string of the molecule is COc1cc(NC(=O)COc2ccc(F)cc2F)ccc1NS(C)(=O)=O. The van der Waals surface area contributed by atoms with Gasteiger partial charge in [-0.2, -0.15) is 0 Å². The van der Waals surface area contributed by atoms with Crippen molar-refractivity contribution in [3.8, 4) is 11.5 Å². The zero-order valence-electron chi connectivity index (χ0n) is 13.9. The van der Waals surface area contributed by atoms with E-state index in [0.29, 0.717) is 11.8 Å². The molecule has 2 N–H and O–H groups in total. The summed E-state index contributed by atoms with van der Waals surface area (Å²) in [6, 6.07) is 7.00. The Labute approximate surface area is 149 Å². The molecule has 26 heavy (non-hydrogen) atoms. The number of hydrogen-bond donors (Lipinski definition) is 2. The molecule has 0 bridgehead atoms. The number of carbonyl (C=O) groups excluding carboxylic acids is 1. The lowest BCUT2D eigenvalue weighted by Crippen LogP contribution is -2.20. The summed E-state index contributed by atoms with van der Waals surface area (Å²) in [5, 5.41) is 2.49. The van der Waals surface area contributed by atoms with Gasteiger partial charge < -0.3 is 14.8 Å². The molecule has 1 amide bonds. The van der Waals surface area contributed by atoms with E-state index in [1.807, 2.05) is 0 Å². The summed E-state index contributed by atoms with van der Waals surface area (Å²) in [4.78, 5) is 11.9. The van der Waals surface area contributed by atoms with E-state index in [2.05, 4.69) is 10.0 Å². The molecule has 7 nitrogen and oxygen atoms in total. The third kappa shape index (κ3) is 5.59. The van der Waals surface area contributed by atoms with Crippen LogP contribution < -0.4 is 19.5 Å². The Bertz CT molecular complexity index is 919. The van der Waals surface area contributed by atoms with Gasteiger partial charge in [-0.05, 0) is 24.3 Å². The zero-order chi connectivity index (χ0) is 19.3. The van der Waals surface area contributed by atoms with E-state index in [-0.39, 0.29) is 17.2 Å². The van der Waals surface area contributed by atoms with Gasteiger partial charge in [0.15, 0.2) is 18.2 Å². The maximum absolute atomic E-state index is 13.4. The van der Waals surface area contributed by atoms with E-state index in [4.69, 9.17) is 9.47 Å². The maximum atomic E-state index is 13.4. The molecule has 0 unspecified atom stereocenters. The van der Waals surface area contributed by atoms with Crippen molar-refractivity contribution in [1.29, 1.82) is 0 Å². The van der Waals surface area contributed by atoms with Crippen LogP contribution in [0.3, 0.4) is 0 Å². The average molecular weight is 386 g/mol. The third-order valence-corrected chi connectivity index (χ3v) is 3.62. The van der Waals surface area contributed by atoms with Gasteiger partial charge in [0.1, 0.15) is 11.6 Å². The van der Waals surface area contributed by atoms with Gasteiger partial charge in [0.05, 0.1) is 19.1 Å². The fraction of sp³-hybridized carbons (Fsp3) is 0.188. The van der Waals surface area contributed by atoms with E-state index >= 15 is 0 Å². The fourth-order valence-corrected chi connectivity index (χ4v) is 2.55. The Morgan fingerprint density at radius 1 is 1.12 bits per heavy atom. The first-order valence-electron chi connectivity index (χ1n) is 7.21. The standard InChI is InChI=1S/C16H16F2N2O5S/c1-24-15-8-11(4-5-13(15)20-26(2,22)23)19-16(21)9-25-14-6-3-10(17)7-12(14)18/h3-8,20H,9H2,1-2H3,(H,19,21). The third-order valence-electron chi connectivity index (χ3n) is 3.03. The lowest BCUT2D eigenvalue weighted by Gasteiger charge is -2.12. The van der Waals surface area contributed by atoms with Gasteiger partial charge in [-0.1, -0.05) is 0 Å². The predicted molar refractivity (Wildman–Crippen MR) is 91.9 cm³/mol. The fourth-order valence-electron chi connectivity index (χ4n) is 1.99. The molecule has 2 aromatic carbocycles. The molecule has 140 valence electrons. The van der Waals surface area contributed by atoms with Crippen LogP contribution in [0, 0.1) is 11.6 Å². The van der Waals surface area contributed by atoms with Gasteiger partial charge in [0.2, 0.25) is 10.0 Å². The number of nitrogens with one attached hydrogen (secondary N) is 2. The van der Waals surface area contributed by atoms with Crippen molar-refractivity contribution in [3.05, 3.63) is 48.0 Å². The van der Waals surface area contributed by atoms with Gasteiger partial charge in [0.25, 0.3) is 5.91 Å². The minimum absolute atomic E-state index is 0.193. The number of carbonyl (C=O) groups is 1. The Morgan fingerprint density at radius 3 is 2.46 bits per heavy atom. The largest absolute Gasteiger partial charge is 0.494 e. The van der Waals surface area contributed by atoms with Crippen LogP contribution in [0.2, 0.25) is 0 Å². The van der Waals surface area contributed by atoms with Crippen molar-refractivity contribution in [1.82, 2.24) is 0 Å². The van der Waals surface area contributed by atoms with Gasteiger partial charge in [-0.15, -0.1) is 0 Å². The molecule has 0 aliphatic rings. The summed E-state index contributed by atoms with van der Waals surface area (Å²) in [6.07, 6.45) is 0.994. The number of amides is 1. The van der Waals surface area contributed by atoms with Gasteiger partial charge in [-0.25, -0.2) is 17.2 Å². The first-order valence-corrected chi connectivity index (χ1v) is 9.10. The normalized spacial score (nSPS) is 10.9. The lowest BCUT2D eigenvalue weighted by atomic mass is 10.2. The second kappa shape index (κ2) is 8.00. The minimum atomic E-state index is -3.49. The topological polar surface area (TPSA) is 93.7 Å². The van der Waals surface area contributed by atoms with Gasteiger partial charge >= 0.3 is 0 Å². The smallest absolute Gasteiger partial charge is 0.262 e. The molecule has 2 rings (SSSR count). The van der Waals surface area contributed by atoms with E-state index in [0.717, 1.165) is 18.4 Å². The number of rotatable bonds is 7. The highest BCUT2D eigenvalue weighted by Crippen LogP contribution is 2.28. The van der Waals surface area contributed by atoms with Crippen LogP contribution in [0.15, 0.2) is 36.4 Å². The summed E-state index contributed by atoms with van der Waals surface area (Å²) in [6.45, 7) is -0.506. The molecular weight excluding hydrogens is 370 g/mol. The van der Waals surface area contributed by atoms with Crippen LogP contribution in [-0.2, 0) is 14.8 Å². The molecule has 0 saturated carbocycles. The summed E-state index contributed by atoms with van der Waals surface area (Å²) in [7, 11) is -2.15. The summed E-state index contributed by atoms with van der Waals surface area (Å²) in [5.41, 5.74) is 0.520. The highest BCUT2D eigenvalue weighted by atomic mass is 32.2. The second-order valence-corrected chi connectivity index (χ2v) is 6.95. The minimum Gasteiger partial charge on any atom is -0.494 e. The number of benzene rings is 2. The van der Waals surface area contributed by atoms with Crippen molar-refractivity contribution >= 4 is 27.3 Å². The molecule has 0 heterocycles. The first-order chi connectivity index (χ1) is 12.2. The predicted octanol–water partition coefficient (Wildman–Crippen LogP) is 2.36. The number of hydrogen-bond acceptors (Lipinski definition) is 5. The van der Waals surface area contributed by atoms with E-state index in [1.54, 1.807) is 0 Å². The molecule has 0 saturated heterocycles. The quantitative estimate of drug-likeness (QED) is 0.762. The summed E-state index contributed by atoms with van der Waals surface area (Å²) >= 11 is 0. The number of methoxy groups -OCH3 is 1. The van der Waals surface area contributed by atoms with Crippen LogP contribution in [0.25, 0.3) is 0 Å². The number of anilines is 2. The molecule has 0 fully saturated rings. The highest BCUT2D eigenvalue weighted by Gasteiger charge is 2.12. The van der Waals surface area contributed by atoms with Gasteiger partial charge in [0, 0.05) is 17.8 Å². The van der Waals surface area contributed by atoms with Crippen LogP contribution in [0.5, 0.6) is 11.5 Å². The van der Waals surface area contributed by atoms with Crippen molar-refractivity contribution in [2.75, 3.05) is 30.0 Å². The highest BCUT2D eigenvalue weighted by molar-refractivity contribution is 7.92. The molecule has 0 radical (unpaired) electrons. The van der Waals surface area contributed by atoms with Crippen molar-refractivity contribution in [3.63, 3.8) is 0 Å². The Balaban J connectivity index is 2.02. The van der Waals surface area contributed by atoms with Crippen LogP contribution in [-0.4, -0.2) is 34.3 Å². The molecule has 2 aromatic rings. The van der Waals surface area contributed by atoms with Crippen molar-refractivity contribution in [2.24, 2.45) is 0 Å². The van der Waals surface area contributed by atoms with Crippen molar-refractivity contribution < 1.29 is 31.5 Å². The molecule has 0 atom stereocenters. The van der Waals surface area contributed by atoms with Gasteiger partial charge in [-0.3, -0.25) is 9.52 Å². The molecule has 0 aliphatic carbocycles. The average Bonchev–Trinajstić information content (AvgIpc) is 2.54. The Morgan fingerprint density at radius 2 is 1.85 bits per heavy atom. The summed E-state index contributed by atoms with van der Waals surface area (Å²) < 4.78 is 61.2. The van der Waals surface area contributed by atoms with E-state index < -0.39 is 34.2 Å². The van der Waals surface area contributed by atoms with E-state index in [9.17, 15) is 22.0 Å². The monoisotopic (exact) mass is 386 g/mol. The van der Waals surface area contributed by atoms with E-state index in [1.165, 1.54) is 25.3 Å². The lowest BCUT2D eigenvalue weighted by molar-refractivity contribution is -0.118. The number of sulfonamides is 1. The Kier molecular flexibility index (Phi) is 5.98. The maximum Gasteiger partial charge on any atom is 0.262 e. The molecule has 10 heteroatoms. The van der Waals surface area contributed by atoms with Crippen LogP contribution >= 0.6 is 0 Å². The summed E-state index contributed by atoms with van der Waals surface area (Å²) in [5.74, 6) is -2.34. The molecular formula is C16H16F2N2O5S. The Hall–Kier alpha value is -2.88. The van der Waals surface area contributed by atoms with Crippen molar-refractivity contribution in [2.45, 2.75) is 0 Å². The molecule has 0 aliphatic heterocycles. The number of halogens is 2. The second-order valence-electron chi connectivity index (χ2n) is 5.20. The molecule has 0 aromatic heterocycles. The molecule has 0 spiro atoms. The van der Waals surface area contributed by atoms with Crippen LogP contribution in [0.1, 0.15) is 0 Å². The first kappa shape index (κ1) is 19.4.